The van der Waals surface area contributed by atoms with Gasteiger partial charge in [-0.1, -0.05) is 11.6 Å². The number of anilines is 1. The van der Waals surface area contributed by atoms with Crippen molar-refractivity contribution in [2.24, 2.45) is 7.05 Å². The lowest BCUT2D eigenvalue weighted by Crippen LogP contribution is -2.12. The number of aliphatic hydroxyl groups is 1. The second-order valence-electron chi connectivity index (χ2n) is 4.17. The Labute approximate surface area is 120 Å². The summed E-state index contributed by atoms with van der Waals surface area (Å²) in [4.78, 5) is -0.0376. The van der Waals surface area contributed by atoms with E-state index in [0.29, 0.717) is 5.69 Å². The molecule has 0 amide bonds. The number of aliphatic hydroxyl groups excluding tert-OH is 1. The molecule has 0 saturated heterocycles. The first-order valence-electron chi connectivity index (χ1n) is 5.57. The highest BCUT2D eigenvalue weighted by Crippen LogP contribution is 2.25. The van der Waals surface area contributed by atoms with Crippen molar-refractivity contribution in [3.8, 4) is 0 Å². The molecule has 2 N–H and O–H groups in total. The molecule has 0 atom stereocenters. The molecule has 0 radical (unpaired) electrons. The summed E-state index contributed by atoms with van der Waals surface area (Å²) in [6.07, 6.45) is 1.35. The van der Waals surface area contributed by atoms with Crippen LogP contribution in [0.4, 0.5) is 10.1 Å². The number of rotatable bonds is 4. The van der Waals surface area contributed by atoms with E-state index in [1.54, 1.807) is 7.05 Å². The van der Waals surface area contributed by atoms with E-state index >= 15 is 0 Å². The summed E-state index contributed by atoms with van der Waals surface area (Å²) >= 11 is 5.81. The first-order valence-corrected chi connectivity index (χ1v) is 7.43. The largest absolute Gasteiger partial charge is 0.390 e. The number of sulfonamides is 1. The zero-order chi connectivity index (χ0) is 14.9. The van der Waals surface area contributed by atoms with Gasteiger partial charge in [-0.2, -0.15) is 0 Å². The van der Waals surface area contributed by atoms with Crippen LogP contribution in [-0.2, 0) is 23.7 Å². The van der Waals surface area contributed by atoms with E-state index in [9.17, 15) is 12.8 Å². The first-order chi connectivity index (χ1) is 9.33. The van der Waals surface area contributed by atoms with E-state index in [1.165, 1.54) is 22.9 Å². The van der Waals surface area contributed by atoms with Crippen molar-refractivity contribution in [3.05, 3.63) is 47.0 Å². The third kappa shape index (κ3) is 2.95. The molecule has 0 aliphatic heterocycles. The number of hydrogen-bond donors (Lipinski definition) is 2. The lowest BCUT2D eigenvalue weighted by Gasteiger charge is -2.08. The van der Waals surface area contributed by atoms with Crippen molar-refractivity contribution in [1.29, 1.82) is 0 Å². The second kappa shape index (κ2) is 5.43. The summed E-state index contributed by atoms with van der Waals surface area (Å²) in [5, 5.41) is 9.15. The molecular weight excluding hydrogens is 307 g/mol. The minimum atomic E-state index is -3.90. The third-order valence-corrected chi connectivity index (χ3v) is 4.39. The maximum atomic E-state index is 13.1. The minimum absolute atomic E-state index is 0.0376. The monoisotopic (exact) mass is 318 g/mol. The molecule has 8 heteroatoms. The zero-order valence-corrected chi connectivity index (χ0v) is 12.0. The van der Waals surface area contributed by atoms with Gasteiger partial charge in [-0.15, -0.1) is 0 Å². The van der Waals surface area contributed by atoms with Gasteiger partial charge in [-0.05, 0) is 24.3 Å². The summed E-state index contributed by atoms with van der Waals surface area (Å²) in [6, 6.07) is 4.72. The van der Waals surface area contributed by atoms with Crippen LogP contribution in [0.1, 0.15) is 5.69 Å². The lowest BCUT2D eigenvalue weighted by atomic mass is 10.3. The fraction of sp³-hybridized carbons (Fsp3) is 0.167. The van der Waals surface area contributed by atoms with Gasteiger partial charge in [0.15, 0.2) is 0 Å². The quantitative estimate of drug-likeness (QED) is 0.907. The summed E-state index contributed by atoms with van der Waals surface area (Å²) < 4.78 is 41.1. The molecule has 0 saturated carbocycles. The van der Waals surface area contributed by atoms with E-state index in [0.717, 1.165) is 12.1 Å². The lowest BCUT2D eigenvalue weighted by molar-refractivity contribution is 0.272. The molecule has 0 spiro atoms. The van der Waals surface area contributed by atoms with Gasteiger partial charge in [0, 0.05) is 18.9 Å². The maximum absolute atomic E-state index is 13.1. The SMILES string of the molecule is Cn1cc(S(=O)(=O)Nc2cc(F)ccc2Cl)cc1CO. The van der Waals surface area contributed by atoms with E-state index in [2.05, 4.69) is 4.72 Å². The Hall–Kier alpha value is -1.57. The Morgan fingerprint density at radius 1 is 1.40 bits per heavy atom. The number of aromatic nitrogens is 1. The van der Waals surface area contributed by atoms with Crippen molar-refractivity contribution in [1.82, 2.24) is 4.57 Å². The fourth-order valence-corrected chi connectivity index (χ4v) is 3.05. The van der Waals surface area contributed by atoms with Crippen LogP contribution in [0.2, 0.25) is 5.02 Å². The highest BCUT2D eigenvalue weighted by Gasteiger charge is 2.19. The van der Waals surface area contributed by atoms with Crippen LogP contribution in [0.25, 0.3) is 0 Å². The number of aryl methyl sites for hydroxylation is 1. The van der Waals surface area contributed by atoms with Crippen molar-refractivity contribution in [2.75, 3.05) is 4.72 Å². The number of halogens is 2. The average Bonchev–Trinajstić information content (AvgIpc) is 2.76. The van der Waals surface area contributed by atoms with Gasteiger partial charge in [0.05, 0.1) is 17.3 Å². The van der Waals surface area contributed by atoms with Gasteiger partial charge in [-0.25, -0.2) is 12.8 Å². The number of benzene rings is 1. The van der Waals surface area contributed by atoms with Crippen molar-refractivity contribution in [2.45, 2.75) is 11.5 Å². The van der Waals surface area contributed by atoms with Crippen LogP contribution >= 0.6 is 11.6 Å². The second-order valence-corrected chi connectivity index (χ2v) is 6.26. The molecule has 108 valence electrons. The molecule has 0 fully saturated rings. The maximum Gasteiger partial charge on any atom is 0.263 e. The first kappa shape index (κ1) is 14.8. The molecule has 20 heavy (non-hydrogen) atoms. The third-order valence-electron chi connectivity index (χ3n) is 2.73. The normalized spacial score (nSPS) is 11.6. The fourth-order valence-electron chi connectivity index (χ4n) is 1.66. The van der Waals surface area contributed by atoms with Crippen LogP contribution < -0.4 is 4.72 Å². The topological polar surface area (TPSA) is 71.3 Å². The predicted octanol–water partition coefficient (Wildman–Crippen LogP) is 2.11. The summed E-state index contributed by atoms with van der Waals surface area (Å²) in [7, 11) is -2.29. The molecule has 1 aromatic carbocycles. The Kier molecular flexibility index (Phi) is 4.03. The minimum Gasteiger partial charge on any atom is -0.390 e. The Bertz CT molecular complexity index is 743. The van der Waals surface area contributed by atoms with Gasteiger partial charge < -0.3 is 9.67 Å². The number of hydrogen-bond acceptors (Lipinski definition) is 3. The summed E-state index contributed by atoms with van der Waals surface area (Å²) in [5.41, 5.74) is 0.400. The molecule has 1 heterocycles. The number of nitrogens with zero attached hydrogens (tertiary/aromatic N) is 1. The van der Waals surface area contributed by atoms with Crippen LogP contribution in [0.15, 0.2) is 35.4 Å². The van der Waals surface area contributed by atoms with Crippen molar-refractivity contribution in [3.63, 3.8) is 0 Å². The Morgan fingerprint density at radius 3 is 2.70 bits per heavy atom. The molecular formula is C12H12ClFN2O3S. The van der Waals surface area contributed by atoms with Crippen LogP contribution in [0, 0.1) is 5.82 Å². The highest BCUT2D eigenvalue weighted by molar-refractivity contribution is 7.92. The number of nitrogens with one attached hydrogen (secondary N) is 1. The molecule has 0 bridgehead atoms. The van der Waals surface area contributed by atoms with Gasteiger partial charge in [-0.3, -0.25) is 4.72 Å². The molecule has 2 aromatic rings. The van der Waals surface area contributed by atoms with E-state index < -0.39 is 15.8 Å². The van der Waals surface area contributed by atoms with Crippen molar-refractivity contribution < 1.29 is 17.9 Å². The van der Waals surface area contributed by atoms with E-state index in [4.69, 9.17) is 16.7 Å². The average molecular weight is 319 g/mol. The van der Waals surface area contributed by atoms with Crippen molar-refractivity contribution >= 4 is 27.3 Å². The smallest absolute Gasteiger partial charge is 0.263 e. The zero-order valence-electron chi connectivity index (χ0n) is 10.5. The molecule has 0 aliphatic carbocycles. The van der Waals surface area contributed by atoms with Gasteiger partial charge in [0.1, 0.15) is 10.7 Å². The van der Waals surface area contributed by atoms with Crippen LogP contribution in [0.5, 0.6) is 0 Å². The molecule has 0 unspecified atom stereocenters. The Morgan fingerprint density at radius 2 is 2.10 bits per heavy atom. The molecule has 0 aliphatic rings. The van der Waals surface area contributed by atoms with Gasteiger partial charge in [0.25, 0.3) is 10.0 Å². The summed E-state index contributed by atoms with van der Waals surface area (Å²) in [5.74, 6) is -0.601. The predicted molar refractivity (Wildman–Crippen MR) is 73.6 cm³/mol. The van der Waals surface area contributed by atoms with E-state index in [1.807, 2.05) is 0 Å². The van der Waals surface area contributed by atoms with Gasteiger partial charge >= 0.3 is 0 Å². The van der Waals surface area contributed by atoms with Crippen LogP contribution in [-0.4, -0.2) is 18.1 Å². The molecule has 2 rings (SSSR count). The van der Waals surface area contributed by atoms with E-state index in [-0.39, 0.29) is 22.2 Å². The van der Waals surface area contributed by atoms with Gasteiger partial charge in [0.2, 0.25) is 0 Å². The standard InChI is InChI=1S/C12H12ClFN2O3S/c1-16-6-10(5-9(16)7-17)20(18,19)15-12-4-8(14)2-3-11(12)13/h2-6,15,17H,7H2,1H3. The summed E-state index contributed by atoms with van der Waals surface area (Å²) in [6.45, 7) is -0.285. The molecule has 5 nitrogen and oxygen atoms in total. The van der Waals surface area contributed by atoms with Crippen LogP contribution in [0.3, 0.4) is 0 Å². The highest BCUT2D eigenvalue weighted by atomic mass is 35.5. The molecule has 1 aromatic heterocycles. The Balaban J connectivity index is 2.37.